The molecule has 0 bridgehead atoms. The Kier molecular flexibility index (Phi) is 6.89. The molecule has 1 rings (SSSR count). The predicted molar refractivity (Wildman–Crippen MR) is 73.4 cm³/mol. The van der Waals surface area contributed by atoms with Crippen molar-refractivity contribution in [2.24, 2.45) is 0 Å². The molecule has 0 saturated carbocycles. The number of carbonyl (C=O) groups is 1. The van der Waals surface area contributed by atoms with Crippen molar-refractivity contribution in [2.45, 2.75) is 0 Å². The lowest BCUT2D eigenvalue weighted by molar-refractivity contribution is 0.0627. The molecular formula is C13H20FN3O3. The Bertz CT molecular complexity index is 435. The van der Waals surface area contributed by atoms with Crippen molar-refractivity contribution in [2.75, 3.05) is 52.9 Å². The first kappa shape index (κ1) is 16.3. The molecule has 1 amide bonds. The predicted octanol–water partition coefficient (Wildman–Crippen LogP) is 0.997. The van der Waals surface area contributed by atoms with Crippen molar-refractivity contribution < 1.29 is 18.7 Å². The summed E-state index contributed by atoms with van der Waals surface area (Å²) >= 11 is 0. The zero-order valence-corrected chi connectivity index (χ0v) is 12.0. The van der Waals surface area contributed by atoms with Crippen molar-refractivity contribution in [3.05, 3.63) is 23.6 Å². The highest BCUT2D eigenvalue weighted by Gasteiger charge is 2.20. The summed E-state index contributed by atoms with van der Waals surface area (Å²) in [6.07, 6.45) is 1.07. The van der Waals surface area contributed by atoms with Crippen LogP contribution in [0, 0.1) is 5.82 Å². The molecule has 0 atom stereocenters. The van der Waals surface area contributed by atoms with E-state index in [0.717, 1.165) is 6.20 Å². The zero-order valence-electron chi connectivity index (χ0n) is 12.0. The maximum Gasteiger partial charge on any atom is 0.257 e. The molecule has 0 aliphatic heterocycles. The average Bonchev–Trinajstić information content (AvgIpc) is 2.46. The molecule has 6 nitrogen and oxygen atoms in total. The summed E-state index contributed by atoms with van der Waals surface area (Å²) in [5.74, 6) is -0.516. The van der Waals surface area contributed by atoms with Crippen molar-refractivity contribution in [3.8, 4) is 0 Å². The Labute approximate surface area is 117 Å². The lowest BCUT2D eigenvalue weighted by Crippen LogP contribution is -2.37. The molecule has 0 aromatic carbocycles. The number of rotatable bonds is 8. The quantitative estimate of drug-likeness (QED) is 0.772. The number of aromatic nitrogens is 1. The minimum absolute atomic E-state index is 0.194. The number of carbonyl (C=O) groups excluding carboxylic acids is 1. The molecule has 7 heteroatoms. The van der Waals surface area contributed by atoms with E-state index in [1.54, 1.807) is 26.2 Å². The van der Waals surface area contributed by atoms with E-state index in [4.69, 9.17) is 9.47 Å². The number of anilines is 1. The molecular weight excluding hydrogens is 265 g/mol. The van der Waals surface area contributed by atoms with E-state index in [-0.39, 0.29) is 11.5 Å². The average molecular weight is 285 g/mol. The molecule has 0 aliphatic rings. The summed E-state index contributed by atoms with van der Waals surface area (Å²) in [5, 5.41) is 2.78. The van der Waals surface area contributed by atoms with Crippen LogP contribution in [0.4, 0.5) is 10.2 Å². The third kappa shape index (κ3) is 4.43. The maximum absolute atomic E-state index is 13.3. The van der Waals surface area contributed by atoms with Gasteiger partial charge in [-0.15, -0.1) is 0 Å². The van der Waals surface area contributed by atoms with E-state index in [2.05, 4.69) is 10.3 Å². The molecule has 0 unspecified atom stereocenters. The van der Waals surface area contributed by atoms with Gasteiger partial charge in [0.2, 0.25) is 0 Å². The van der Waals surface area contributed by atoms with Crippen LogP contribution in [0.2, 0.25) is 0 Å². The number of nitrogens with zero attached hydrogens (tertiary/aromatic N) is 2. The highest BCUT2D eigenvalue weighted by atomic mass is 19.1. The van der Waals surface area contributed by atoms with Crippen LogP contribution >= 0.6 is 0 Å². The molecule has 1 N–H and O–H groups in total. The molecule has 0 fully saturated rings. The van der Waals surface area contributed by atoms with Gasteiger partial charge in [-0.05, 0) is 6.07 Å². The Hall–Kier alpha value is -1.73. The second kappa shape index (κ2) is 8.44. The highest BCUT2D eigenvalue weighted by molar-refractivity contribution is 5.98. The van der Waals surface area contributed by atoms with Crippen LogP contribution in [0.5, 0.6) is 0 Å². The maximum atomic E-state index is 13.3. The minimum Gasteiger partial charge on any atom is -0.383 e. The SMILES string of the molecule is CNc1ncc(F)cc1C(=O)N(CCOC)CCOC. The third-order valence-corrected chi connectivity index (χ3v) is 2.74. The second-order valence-corrected chi connectivity index (χ2v) is 4.08. The van der Waals surface area contributed by atoms with Gasteiger partial charge < -0.3 is 19.7 Å². The van der Waals surface area contributed by atoms with Gasteiger partial charge in [-0.3, -0.25) is 4.79 Å². The van der Waals surface area contributed by atoms with Gasteiger partial charge in [0.25, 0.3) is 5.91 Å². The molecule has 0 aliphatic carbocycles. The van der Waals surface area contributed by atoms with Crippen LogP contribution in [0.3, 0.4) is 0 Å². The van der Waals surface area contributed by atoms with Gasteiger partial charge in [0.05, 0.1) is 25.0 Å². The molecule has 0 saturated heterocycles. The first-order valence-electron chi connectivity index (χ1n) is 6.24. The highest BCUT2D eigenvalue weighted by Crippen LogP contribution is 2.15. The fourth-order valence-corrected chi connectivity index (χ4v) is 1.69. The number of amides is 1. The van der Waals surface area contributed by atoms with E-state index >= 15 is 0 Å². The zero-order chi connectivity index (χ0) is 15.0. The summed E-state index contributed by atoms with van der Waals surface area (Å²) in [6.45, 7) is 1.59. The molecule has 112 valence electrons. The molecule has 0 spiro atoms. The second-order valence-electron chi connectivity index (χ2n) is 4.08. The summed E-state index contributed by atoms with van der Waals surface area (Å²) in [4.78, 5) is 17.9. The van der Waals surface area contributed by atoms with Crippen LogP contribution in [0.15, 0.2) is 12.3 Å². The van der Waals surface area contributed by atoms with Gasteiger partial charge in [-0.1, -0.05) is 0 Å². The van der Waals surface area contributed by atoms with Crippen LogP contribution in [-0.2, 0) is 9.47 Å². The first-order valence-corrected chi connectivity index (χ1v) is 6.24. The normalized spacial score (nSPS) is 10.4. The number of hydrogen-bond acceptors (Lipinski definition) is 5. The van der Waals surface area contributed by atoms with Crippen molar-refractivity contribution in [1.29, 1.82) is 0 Å². The van der Waals surface area contributed by atoms with Crippen LogP contribution in [0.1, 0.15) is 10.4 Å². The van der Waals surface area contributed by atoms with Crippen LogP contribution < -0.4 is 5.32 Å². The molecule has 20 heavy (non-hydrogen) atoms. The van der Waals surface area contributed by atoms with E-state index in [1.807, 2.05) is 0 Å². The van der Waals surface area contributed by atoms with Crippen molar-refractivity contribution >= 4 is 11.7 Å². The van der Waals surface area contributed by atoms with Crippen molar-refractivity contribution in [3.63, 3.8) is 0 Å². The lowest BCUT2D eigenvalue weighted by atomic mass is 10.2. The summed E-state index contributed by atoms with van der Waals surface area (Å²) in [6, 6.07) is 1.17. The molecule has 1 aromatic rings. The van der Waals surface area contributed by atoms with E-state index < -0.39 is 5.82 Å². The van der Waals surface area contributed by atoms with E-state index in [9.17, 15) is 9.18 Å². The van der Waals surface area contributed by atoms with Gasteiger partial charge in [-0.2, -0.15) is 0 Å². The van der Waals surface area contributed by atoms with Gasteiger partial charge in [0.1, 0.15) is 11.6 Å². The number of halogens is 1. The Morgan fingerprint density at radius 3 is 2.45 bits per heavy atom. The first-order chi connectivity index (χ1) is 9.63. The number of hydrogen-bond donors (Lipinski definition) is 1. The smallest absolute Gasteiger partial charge is 0.257 e. The van der Waals surface area contributed by atoms with E-state index in [1.165, 1.54) is 6.07 Å². The van der Waals surface area contributed by atoms with Gasteiger partial charge in [-0.25, -0.2) is 9.37 Å². The number of ether oxygens (including phenoxy) is 2. The minimum atomic E-state index is -0.550. The van der Waals surface area contributed by atoms with Crippen LogP contribution in [-0.4, -0.2) is 63.4 Å². The monoisotopic (exact) mass is 285 g/mol. The number of pyridine rings is 1. The molecule has 0 radical (unpaired) electrons. The van der Waals surface area contributed by atoms with Gasteiger partial charge >= 0.3 is 0 Å². The fraction of sp³-hybridized carbons (Fsp3) is 0.538. The Morgan fingerprint density at radius 1 is 1.35 bits per heavy atom. The summed E-state index contributed by atoms with van der Waals surface area (Å²) < 4.78 is 23.3. The van der Waals surface area contributed by atoms with Crippen LogP contribution in [0.25, 0.3) is 0 Å². The third-order valence-electron chi connectivity index (χ3n) is 2.74. The molecule has 1 heterocycles. The van der Waals surface area contributed by atoms with Crippen molar-refractivity contribution in [1.82, 2.24) is 9.88 Å². The number of methoxy groups -OCH3 is 2. The van der Waals surface area contributed by atoms with Gasteiger partial charge in [0, 0.05) is 34.4 Å². The standard InChI is InChI=1S/C13H20FN3O3/c1-15-12-11(8-10(14)9-16-12)13(18)17(4-6-19-2)5-7-20-3/h8-9H,4-7H2,1-3H3,(H,15,16). The Balaban J connectivity index is 2.94. The largest absolute Gasteiger partial charge is 0.383 e. The number of nitrogens with one attached hydrogen (secondary N) is 1. The molecule has 1 aromatic heterocycles. The fourth-order valence-electron chi connectivity index (χ4n) is 1.69. The summed E-state index contributed by atoms with van der Waals surface area (Å²) in [7, 11) is 4.75. The Morgan fingerprint density at radius 2 is 1.95 bits per heavy atom. The van der Waals surface area contributed by atoms with Gasteiger partial charge in [0.15, 0.2) is 0 Å². The topological polar surface area (TPSA) is 63.7 Å². The van der Waals surface area contributed by atoms with E-state index in [0.29, 0.717) is 32.1 Å². The lowest BCUT2D eigenvalue weighted by Gasteiger charge is -2.23. The summed E-state index contributed by atoms with van der Waals surface area (Å²) in [5.41, 5.74) is 0.194.